The van der Waals surface area contributed by atoms with Gasteiger partial charge in [-0.15, -0.1) is 0 Å². The number of methoxy groups -OCH3 is 1. The van der Waals surface area contributed by atoms with Gasteiger partial charge in [0.05, 0.1) is 6.61 Å². The zero-order valence-electron chi connectivity index (χ0n) is 9.48. The van der Waals surface area contributed by atoms with Gasteiger partial charge in [0.1, 0.15) is 6.61 Å². The molecule has 0 aromatic rings. The van der Waals surface area contributed by atoms with Crippen molar-refractivity contribution in [2.75, 3.05) is 33.4 Å². The van der Waals surface area contributed by atoms with Crippen LogP contribution >= 0.6 is 0 Å². The average molecular weight is 230 g/mol. The molecule has 0 saturated carbocycles. The van der Waals surface area contributed by atoms with Gasteiger partial charge in [-0.25, -0.2) is 4.79 Å². The monoisotopic (exact) mass is 230 g/mol. The third-order valence-corrected chi connectivity index (χ3v) is 2.70. The van der Waals surface area contributed by atoms with Crippen molar-refractivity contribution in [1.82, 2.24) is 4.90 Å². The number of carbonyl (C=O) groups excluding carboxylic acids is 2. The largest absolute Gasteiger partial charge is 0.449 e. The van der Waals surface area contributed by atoms with Crippen molar-refractivity contribution in [3.63, 3.8) is 0 Å². The number of amides is 2. The number of hydrogen-bond acceptors (Lipinski definition) is 4. The molecular weight excluding hydrogens is 212 g/mol. The predicted molar refractivity (Wildman–Crippen MR) is 56.7 cm³/mol. The first-order valence-electron chi connectivity index (χ1n) is 5.32. The molecule has 0 radical (unpaired) electrons. The number of likely N-dealkylation sites (tertiary alicyclic amines) is 1. The van der Waals surface area contributed by atoms with E-state index in [1.807, 2.05) is 0 Å². The second-order valence-corrected chi connectivity index (χ2v) is 3.89. The van der Waals surface area contributed by atoms with Gasteiger partial charge in [-0.3, -0.25) is 4.79 Å². The smallest absolute Gasteiger partial charge is 0.404 e. The lowest BCUT2D eigenvalue weighted by atomic mass is 9.98. The normalized spacial score (nSPS) is 17.2. The molecule has 1 rings (SSSR count). The Bertz CT molecular complexity index is 249. The summed E-state index contributed by atoms with van der Waals surface area (Å²) in [5.41, 5.74) is 4.88. The maximum absolute atomic E-state index is 11.5. The first kappa shape index (κ1) is 12.8. The highest BCUT2D eigenvalue weighted by Crippen LogP contribution is 2.17. The van der Waals surface area contributed by atoms with Crippen molar-refractivity contribution >= 4 is 12.0 Å². The van der Waals surface area contributed by atoms with Gasteiger partial charge in [-0.2, -0.15) is 0 Å². The van der Waals surface area contributed by atoms with Crippen LogP contribution in [0.4, 0.5) is 4.79 Å². The van der Waals surface area contributed by atoms with Gasteiger partial charge in [0.2, 0.25) is 5.91 Å². The van der Waals surface area contributed by atoms with E-state index in [4.69, 9.17) is 15.2 Å². The maximum Gasteiger partial charge on any atom is 0.404 e. The molecule has 6 heteroatoms. The zero-order chi connectivity index (χ0) is 12.0. The molecule has 2 amide bonds. The van der Waals surface area contributed by atoms with Gasteiger partial charge in [0.15, 0.2) is 0 Å². The highest BCUT2D eigenvalue weighted by molar-refractivity contribution is 5.77. The number of hydrogen-bond donors (Lipinski definition) is 1. The minimum atomic E-state index is -0.738. The lowest BCUT2D eigenvalue weighted by Crippen LogP contribution is -2.41. The number of piperidine rings is 1. The number of primary amides is 1. The van der Waals surface area contributed by atoms with Crippen LogP contribution in [0.3, 0.4) is 0 Å². The molecule has 1 saturated heterocycles. The van der Waals surface area contributed by atoms with E-state index in [0.29, 0.717) is 25.6 Å². The Labute approximate surface area is 94.7 Å². The van der Waals surface area contributed by atoms with Gasteiger partial charge >= 0.3 is 6.09 Å². The van der Waals surface area contributed by atoms with Gasteiger partial charge in [0.25, 0.3) is 0 Å². The summed E-state index contributed by atoms with van der Waals surface area (Å²) in [4.78, 5) is 23.7. The van der Waals surface area contributed by atoms with Crippen molar-refractivity contribution in [1.29, 1.82) is 0 Å². The van der Waals surface area contributed by atoms with Crippen LogP contribution in [-0.4, -0.2) is 50.3 Å². The molecule has 0 bridgehead atoms. The molecule has 0 aromatic carbocycles. The fourth-order valence-electron chi connectivity index (χ4n) is 1.76. The van der Waals surface area contributed by atoms with E-state index in [9.17, 15) is 9.59 Å². The Hall–Kier alpha value is -1.30. The number of nitrogens with zero attached hydrogens (tertiary/aromatic N) is 1. The van der Waals surface area contributed by atoms with E-state index in [2.05, 4.69) is 0 Å². The first-order valence-corrected chi connectivity index (χ1v) is 5.32. The zero-order valence-corrected chi connectivity index (χ0v) is 9.48. The summed E-state index contributed by atoms with van der Waals surface area (Å²) in [6.07, 6.45) is 0.934. The van der Waals surface area contributed by atoms with E-state index >= 15 is 0 Å². The molecule has 0 unspecified atom stereocenters. The molecule has 0 atom stereocenters. The molecular formula is C10H18N2O4. The van der Waals surface area contributed by atoms with Gasteiger partial charge < -0.3 is 20.1 Å². The van der Waals surface area contributed by atoms with Crippen molar-refractivity contribution < 1.29 is 19.1 Å². The lowest BCUT2D eigenvalue weighted by molar-refractivity contribution is -0.136. The molecule has 2 N–H and O–H groups in total. The third kappa shape index (κ3) is 4.06. The second-order valence-electron chi connectivity index (χ2n) is 3.89. The molecule has 1 aliphatic rings. The number of nitrogens with two attached hydrogens (primary N) is 1. The first-order chi connectivity index (χ1) is 7.63. The van der Waals surface area contributed by atoms with Crippen molar-refractivity contribution in [3.05, 3.63) is 0 Å². The van der Waals surface area contributed by atoms with Crippen molar-refractivity contribution in [3.8, 4) is 0 Å². The highest BCUT2D eigenvalue weighted by atomic mass is 16.5. The Morgan fingerprint density at radius 1 is 1.38 bits per heavy atom. The van der Waals surface area contributed by atoms with Crippen molar-refractivity contribution in [2.45, 2.75) is 12.8 Å². The number of rotatable bonds is 4. The van der Waals surface area contributed by atoms with Crippen molar-refractivity contribution in [2.24, 2.45) is 11.7 Å². The summed E-state index contributed by atoms with van der Waals surface area (Å²) in [6, 6.07) is 0. The van der Waals surface area contributed by atoms with Crippen LogP contribution in [0, 0.1) is 5.92 Å². The van der Waals surface area contributed by atoms with E-state index in [1.165, 1.54) is 7.11 Å². The molecule has 6 nitrogen and oxygen atoms in total. The second kappa shape index (κ2) is 6.32. The lowest BCUT2D eigenvalue weighted by Gasteiger charge is -2.31. The van der Waals surface area contributed by atoms with Gasteiger partial charge in [-0.05, 0) is 18.8 Å². The number of ether oxygens (including phenoxy) is 2. The molecule has 1 heterocycles. The molecule has 92 valence electrons. The van der Waals surface area contributed by atoms with E-state index < -0.39 is 6.09 Å². The summed E-state index contributed by atoms with van der Waals surface area (Å²) in [6.45, 7) is 1.86. The summed E-state index contributed by atoms with van der Waals surface area (Å²) in [5, 5.41) is 0. The van der Waals surface area contributed by atoms with Crippen LogP contribution in [-0.2, 0) is 14.3 Å². The van der Waals surface area contributed by atoms with Gasteiger partial charge in [-0.1, -0.05) is 0 Å². The quantitative estimate of drug-likeness (QED) is 0.735. The SMILES string of the molecule is COCC(=O)N1CCC(COC(N)=O)CC1. The third-order valence-electron chi connectivity index (χ3n) is 2.70. The minimum Gasteiger partial charge on any atom is -0.449 e. The Morgan fingerprint density at radius 2 is 2.00 bits per heavy atom. The van der Waals surface area contributed by atoms with E-state index in [0.717, 1.165) is 12.8 Å². The van der Waals surface area contributed by atoms with Crippen LogP contribution in [0.5, 0.6) is 0 Å². The molecule has 0 aliphatic carbocycles. The van der Waals surface area contributed by atoms with Gasteiger partial charge in [0, 0.05) is 20.2 Å². The summed E-state index contributed by atoms with van der Waals surface area (Å²) >= 11 is 0. The fourth-order valence-corrected chi connectivity index (χ4v) is 1.76. The van der Waals surface area contributed by atoms with Crippen LogP contribution in [0.25, 0.3) is 0 Å². The maximum atomic E-state index is 11.5. The Kier molecular flexibility index (Phi) is 5.04. The summed E-state index contributed by atoms with van der Waals surface area (Å²) < 4.78 is 9.52. The van der Waals surface area contributed by atoms with Crippen LogP contribution < -0.4 is 5.73 Å². The average Bonchev–Trinajstić information content (AvgIpc) is 2.27. The Morgan fingerprint density at radius 3 is 2.50 bits per heavy atom. The fraction of sp³-hybridized carbons (Fsp3) is 0.800. The van der Waals surface area contributed by atoms with E-state index in [-0.39, 0.29) is 12.5 Å². The van der Waals surface area contributed by atoms with Crippen LogP contribution in [0.15, 0.2) is 0 Å². The molecule has 0 aromatic heterocycles. The van der Waals surface area contributed by atoms with Crippen LogP contribution in [0.2, 0.25) is 0 Å². The molecule has 1 fully saturated rings. The standard InChI is InChI=1S/C10H18N2O4/c1-15-7-9(13)12-4-2-8(3-5-12)6-16-10(11)14/h8H,2-7H2,1H3,(H2,11,14). The highest BCUT2D eigenvalue weighted by Gasteiger charge is 2.23. The summed E-state index contributed by atoms with van der Waals surface area (Å²) in [7, 11) is 1.51. The topological polar surface area (TPSA) is 81.9 Å². The minimum absolute atomic E-state index is 0.0109. The van der Waals surface area contributed by atoms with Crippen LogP contribution in [0.1, 0.15) is 12.8 Å². The number of carbonyl (C=O) groups is 2. The molecule has 1 aliphatic heterocycles. The molecule has 16 heavy (non-hydrogen) atoms. The van der Waals surface area contributed by atoms with E-state index in [1.54, 1.807) is 4.90 Å². The Balaban J connectivity index is 2.23. The molecule has 0 spiro atoms. The summed E-state index contributed by atoms with van der Waals surface area (Å²) in [5.74, 6) is 0.316. The predicted octanol–water partition coefficient (Wildman–Crippen LogP) is -0.0333.